The summed E-state index contributed by atoms with van der Waals surface area (Å²) >= 11 is 0. The number of hydrogen-bond acceptors (Lipinski definition) is 6. The van der Waals surface area contributed by atoms with Crippen molar-refractivity contribution in [3.63, 3.8) is 0 Å². The van der Waals surface area contributed by atoms with Crippen molar-refractivity contribution in [1.82, 2.24) is 14.9 Å². The molecule has 0 saturated carbocycles. The van der Waals surface area contributed by atoms with E-state index in [4.69, 9.17) is 10.5 Å². The van der Waals surface area contributed by atoms with Gasteiger partial charge in [-0.15, -0.1) is 0 Å². The second-order valence-corrected chi connectivity index (χ2v) is 7.39. The molecule has 4 rings (SSSR count). The molecule has 0 unspecified atom stereocenters. The lowest BCUT2D eigenvalue weighted by Crippen LogP contribution is -2.26. The van der Waals surface area contributed by atoms with Gasteiger partial charge in [0.1, 0.15) is 5.75 Å². The van der Waals surface area contributed by atoms with Crippen molar-refractivity contribution < 1.29 is 9.53 Å². The van der Waals surface area contributed by atoms with Crippen LogP contribution in [0.15, 0.2) is 42.5 Å². The highest BCUT2D eigenvalue weighted by molar-refractivity contribution is 6.03. The molecular formula is C22H26N6O2. The summed E-state index contributed by atoms with van der Waals surface area (Å²) in [4.78, 5) is 22.7. The van der Waals surface area contributed by atoms with Gasteiger partial charge in [-0.3, -0.25) is 0 Å². The van der Waals surface area contributed by atoms with E-state index in [2.05, 4.69) is 25.5 Å². The lowest BCUT2D eigenvalue weighted by Gasteiger charge is -2.15. The molecule has 1 fully saturated rings. The Bertz CT molecular complexity index is 1050. The van der Waals surface area contributed by atoms with Gasteiger partial charge in [0.2, 0.25) is 11.8 Å². The maximum atomic E-state index is 11.3. The van der Waals surface area contributed by atoms with E-state index in [0.717, 1.165) is 29.6 Å². The van der Waals surface area contributed by atoms with Crippen LogP contribution in [0.25, 0.3) is 10.8 Å². The number of hydrogen-bond donors (Lipinski definition) is 3. The third-order valence-electron chi connectivity index (χ3n) is 5.10. The van der Waals surface area contributed by atoms with Gasteiger partial charge in [-0.2, -0.15) is 4.98 Å². The SMILES string of the molecule is Cc1cc(Oc2ccc(NC(N)=O)c3ccccc23)nc(NCCN2CCCC2)n1. The number of nitrogens with zero attached hydrogens (tertiary/aromatic N) is 3. The van der Waals surface area contributed by atoms with Crippen molar-refractivity contribution in [2.24, 2.45) is 5.73 Å². The number of carbonyl (C=O) groups excluding carboxylic acids is 1. The number of carbonyl (C=O) groups is 1. The van der Waals surface area contributed by atoms with Gasteiger partial charge in [-0.25, -0.2) is 9.78 Å². The van der Waals surface area contributed by atoms with Crippen molar-refractivity contribution in [3.8, 4) is 11.6 Å². The van der Waals surface area contributed by atoms with Crippen LogP contribution in [-0.4, -0.2) is 47.1 Å². The highest BCUT2D eigenvalue weighted by Gasteiger charge is 2.12. The quantitative estimate of drug-likeness (QED) is 0.552. The predicted octanol–water partition coefficient (Wildman–Crippen LogP) is 3.73. The molecule has 8 nitrogen and oxygen atoms in total. The lowest BCUT2D eigenvalue weighted by molar-refractivity contribution is 0.259. The molecular weight excluding hydrogens is 380 g/mol. The summed E-state index contributed by atoms with van der Waals surface area (Å²) in [7, 11) is 0. The van der Waals surface area contributed by atoms with Crippen LogP contribution in [0.3, 0.4) is 0 Å². The molecule has 1 aromatic heterocycles. The highest BCUT2D eigenvalue weighted by atomic mass is 16.5. The molecule has 0 aliphatic carbocycles. The molecule has 156 valence electrons. The normalized spacial score (nSPS) is 14.0. The van der Waals surface area contributed by atoms with E-state index in [1.807, 2.05) is 31.2 Å². The van der Waals surface area contributed by atoms with Crippen LogP contribution < -0.4 is 21.1 Å². The minimum Gasteiger partial charge on any atom is -0.438 e. The number of rotatable bonds is 7. The number of aryl methyl sites for hydroxylation is 1. The fourth-order valence-electron chi connectivity index (χ4n) is 3.72. The first-order valence-electron chi connectivity index (χ1n) is 10.2. The van der Waals surface area contributed by atoms with E-state index in [-0.39, 0.29) is 0 Å². The summed E-state index contributed by atoms with van der Waals surface area (Å²) in [6.07, 6.45) is 2.56. The average Bonchev–Trinajstić information content (AvgIpc) is 3.23. The third kappa shape index (κ3) is 4.77. The van der Waals surface area contributed by atoms with Crippen LogP contribution in [0.2, 0.25) is 0 Å². The van der Waals surface area contributed by atoms with E-state index in [9.17, 15) is 4.79 Å². The van der Waals surface area contributed by atoms with Gasteiger partial charge in [-0.05, 0) is 45.0 Å². The average molecular weight is 406 g/mol. The van der Waals surface area contributed by atoms with Gasteiger partial charge in [-0.1, -0.05) is 24.3 Å². The molecule has 0 radical (unpaired) electrons. The Kier molecular flexibility index (Phi) is 5.94. The zero-order valence-corrected chi connectivity index (χ0v) is 17.0. The fourth-order valence-corrected chi connectivity index (χ4v) is 3.72. The molecule has 1 aliphatic rings. The van der Waals surface area contributed by atoms with Crippen molar-refractivity contribution in [3.05, 3.63) is 48.2 Å². The van der Waals surface area contributed by atoms with Gasteiger partial charge >= 0.3 is 6.03 Å². The van der Waals surface area contributed by atoms with Crippen molar-refractivity contribution in [2.75, 3.05) is 36.8 Å². The summed E-state index contributed by atoms with van der Waals surface area (Å²) < 4.78 is 6.11. The topological polar surface area (TPSA) is 105 Å². The maximum absolute atomic E-state index is 11.3. The van der Waals surface area contributed by atoms with Gasteiger partial charge in [0.05, 0.1) is 5.69 Å². The predicted molar refractivity (Wildman–Crippen MR) is 118 cm³/mol. The van der Waals surface area contributed by atoms with Crippen molar-refractivity contribution in [2.45, 2.75) is 19.8 Å². The van der Waals surface area contributed by atoms with Gasteiger partial charge in [0.15, 0.2) is 0 Å². The van der Waals surface area contributed by atoms with Crippen LogP contribution >= 0.6 is 0 Å². The third-order valence-corrected chi connectivity index (χ3v) is 5.10. The van der Waals surface area contributed by atoms with E-state index in [1.54, 1.807) is 18.2 Å². The number of urea groups is 1. The first-order valence-corrected chi connectivity index (χ1v) is 10.2. The molecule has 30 heavy (non-hydrogen) atoms. The molecule has 1 aliphatic heterocycles. The number of amides is 2. The molecule has 4 N–H and O–H groups in total. The second kappa shape index (κ2) is 8.96. The summed E-state index contributed by atoms with van der Waals surface area (Å²) in [5.74, 6) is 1.66. The zero-order valence-electron chi connectivity index (χ0n) is 17.0. The summed E-state index contributed by atoms with van der Waals surface area (Å²) in [6.45, 7) is 6.01. The highest BCUT2D eigenvalue weighted by Crippen LogP contribution is 2.34. The minimum atomic E-state index is -0.607. The Morgan fingerprint density at radius 3 is 2.67 bits per heavy atom. The smallest absolute Gasteiger partial charge is 0.316 e. The number of likely N-dealkylation sites (tertiary alicyclic amines) is 1. The summed E-state index contributed by atoms with van der Waals surface area (Å²) in [5, 5.41) is 7.64. The molecule has 3 aromatic rings. The Balaban J connectivity index is 1.53. The maximum Gasteiger partial charge on any atom is 0.316 e. The number of nitrogens with two attached hydrogens (primary N) is 1. The molecule has 2 aromatic carbocycles. The van der Waals surface area contributed by atoms with E-state index in [0.29, 0.717) is 23.3 Å². The van der Waals surface area contributed by atoms with Gasteiger partial charge < -0.3 is 26.0 Å². The van der Waals surface area contributed by atoms with E-state index >= 15 is 0 Å². The number of aromatic nitrogens is 2. The number of ether oxygens (including phenoxy) is 1. The number of anilines is 2. The standard InChI is InChI=1S/C22H26N6O2/c1-15-14-20(27-22(25-15)24-10-13-28-11-4-5-12-28)30-19-9-8-18(26-21(23)29)16-6-2-3-7-17(16)19/h2-3,6-9,14H,4-5,10-13H2,1H3,(H3,23,26,29)(H,24,25,27). The van der Waals surface area contributed by atoms with Crippen molar-refractivity contribution in [1.29, 1.82) is 0 Å². The van der Waals surface area contributed by atoms with Gasteiger partial charge in [0.25, 0.3) is 0 Å². The monoisotopic (exact) mass is 406 g/mol. The van der Waals surface area contributed by atoms with Gasteiger partial charge in [0, 0.05) is 35.6 Å². The van der Waals surface area contributed by atoms with E-state index in [1.165, 1.54) is 25.9 Å². The summed E-state index contributed by atoms with van der Waals surface area (Å²) in [6, 6.07) is 12.4. The number of primary amides is 1. The molecule has 2 amide bonds. The van der Waals surface area contributed by atoms with Crippen LogP contribution in [-0.2, 0) is 0 Å². The Morgan fingerprint density at radius 1 is 1.13 bits per heavy atom. The minimum absolute atomic E-state index is 0.465. The van der Waals surface area contributed by atoms with Crippen LogP contribution in [0, 0.1) is 6.92 Å². The molecule has 0 atom stereocenters. The molecule has 0 spiro atoms. The zero-order chi connectivity index (χ0) is 20.9. The summed E-state index contributed by atoms with van der Waals surface area (Å²) in [5.41, 5.74) is 6.73. The first-order chi connectivity index (χ1) is 14.6. The fraction of sp³-hybridized carbons (Fsp3) is 0.318. The first kappa shape index (κ1) is 19.9. The molecule has 0 bridgehead atoms. The number of benzene rings is 2. The van der Waals surface area contributed by atoms with Crippen molar-refractivity contribution >= 4 is 28.4 Å². The number of nitrogens with one attached hydrogen (secondary N) is 2. The largest absolute Gasteiger partial charge is 0.438 e. The molecule has 1 saturated heterocycles. The Labute approximate surface area is 175 Å². The second-order valence-electron chi connectivity index (χ2n) is 7.39. The van der Waals surface area contributed by atoms with Crippen LogP contribution in [0.4, 0.5) is 16.4 Å². The lowest BCUT2D eigenvalue weighted by atomic mass is 10.1. The molecule has 2 heterocycles. The molecule has 8 heteroatoms. The van der Waals surface area contributed by atoms with Crippen LogP contribution in [0.5, 0.6) is 11.6 Å². The van der Waals surface area contributed by atoms with Crippen LogP contribution in [0.1, 0.15) is 18.5 Å². The Hall–Kier alpha value is -3.39. The number of fused-ring (bicyclic) bond motifs is 1. The Morgan fingerprint density at radius 2 is 1.90 bits per heavy atom. The van der Waals surface area contributed by atoms with E-state index < -0.39 is 6.03 Å².